The number of aliphatic carboxylic acids is 1. The second-order valence-electron chi connectivity index (χ2n) is 4.84. The number of rotatable bonds is 10. The van der Waals surface area contributed by atoms with Crippen molar-refractivity contribution in [2.24, 2.45) is 0 Å². The quantitative estimate of drug-likeness (QED) is 0.531. The van der Waals surface area contributed by atoms with Crippen molar-refractivity contribution in [1.29, 1.82) is 0 Å². The van der Waals surface area contributed by atoms with Crippen LogP contribution < -0.4 is 10.0 Å². The molecule has 3 N–H and O–H groups in total. The van der Waals surface area contributed by atoms with E-state index in [0.29, 0.717) is 12.2 Å². The molecule has 7 nitrogen and oxygen atoms in total. The van der Waals surface area contributed by atoms with Gasteiger partial charge in [0.05, 0.1) is 5.75 Å². The SMILES string of the molecule is CCC(C)(NC(=O)C(CCSC)NS(=O)(=O)CC)C(=O)O. The first-order valence-electron chi connectivity index (χ1n) is 6.66. The summed E-state index contributed by atoms with van der Waals surface area (Å²) in [5.41, 5.74) is -1.41. The zero-order valence-corrected chi connectivity index (χ0v) is 14.4. The molecule has 2 unspecified atom stereocenters. The molecule has 0 aliphatic heterocycles. The van der Waals surface area contributed by atoms with Gasteiger partial charge in [-0.15, -0.1) is 0 Å². The van der Waals surface area contributed by atoms with Crippen LogP contribution in [0.4, 0.5) is 0 Å². The number of amides is 1. The van der Waals surface area contributed by atoms with Crippen molar-refractivity contribution in [2.75, 3.05) is 17.8 Å². The first-order chi connectivity index (χ1) is 9.61. The lowest BCUT2D eigenvalue weighted by molar-refractivity contribution is -0.147. The Bertz CT molecular complexity index is 466. The van der Waals surface area contributed by atoms with Crippen LogP contribution in [-0.2, 0) is 19.6 Å². The number of carboxylic acid groups (broad SMARTS) is 1. The van der Waals surface area contributed by atoms with E-state index in [-0.39, 0.29) is 12.2 Å². The zero-order valence-electron chi connectivity index (χ0n) is 12.8. The summed E-state index contributed by atoms with van der Waals surface area (Å²) in [5, 5.41) is 11.6. The Labute approximate surface area is 130 Å². The third-order valence-corrected chi connectivity index (χ3v) is 5.25. The molecule has 0 aliphatic carbocycles. The van der Waals surface area contributed by atoms with Crippen LogP contribution in [0.2, 0.25) is 0 Å². The average Bonchev–Trinajstić information content (AvgIpc) is 2.42. The number of carboxylic acids is 1. The second-order valence-corrected chi connectivity index (χ2v) is 7.86. The topological polar surface area (TPSA) is 113 Å². The van der Waals surface area contributed by atoms with E-state index in [1.54, 1.807) is 6.92 Å². The van der Waals surface area contributed by atoms with Crippen LogP contribution in [0.3, 0.4) is 0 Å². The van der Waals surface area contributed by atoms with Crippen LogP contribution in [-0.4, -0.2) is 54.7 Å². The lowest BCUT2D eigenvalue weighted by Crippen LogP contribution is -2.57. The highest BCUT2D eigenvalue weighted by molar-refractivity contribution is 7.98. The van der Waals surface area contributed by atoms with Crippen molar-refractivity contribution in [2.45, 2.75) is 45.2 Å². The summed E-state index contributed by atoms with van der Waals surface area (Å²) in [6, 6.07) is -0.965. The number of nitrogens with one attached hydrogen (secondary N) is 2. The third-order valence-electron chi connectivity index (χ3n) is 3.21. The molecule has 9 heteroatoms. The predicted molar refractivity (Wildman–Crippen MR) is 83.9 cm³/mol. The van der Waals surface area contributed by atoms with Gasteiger partial charge in [-0.1, -0.05) is 6.92 Å². The summed E-state index contributed by atoms with van der Waals surface area (Å²) in [6.07, 6.45) is 2.34. The Morgan fingerprint density at radius 3 is 2.29 bits per heavy atom. The van der Waals surface area contributed by atoms with E-state index >= 15 is 0 Å². The smallest absolute Gasteiger partial charge is 0.329 e. The van der Waals surface area contributed by atoms with Gasteiger partial charge in [0, 0.05) is 0 Å². The van der Waals surface area contributed by atoms with E-state index in [1.807, 2.05) is 6.26 Å². The number of sulfonamides is 1. The number of carbonyl (C=O) groups excluding carboxylic acids is 1. The summed E-state index contributed by atoms with van der Waals surface area (Å²) in [6.45, 7) is 4.51. The van der Waals surface area contributed by atoms with Crippen molar-refractivity contribution in [1.82, 2.24) is 10.0 Å². The maximum Gasteiger partial charge on any atom is 0.329 e. The normalized spacial score (nSPS) is 16.0. The Morgan fingerprint density at radius 1 is 1.33 bits per heavy atom. The molecule has 0 rings (SSSR count). The van der Waals surface area contributed by atoms with Gasteiger partial charge in [-0.3, -0.25) is 4.79 Å². The summed E-state index contributed by atoms with van der Waals surface area (Å²) < 4.78 is 25.6. The Hall–Kier alpha value is -0.800. The molecule has 0 fully saturated rings. The van der Waals surface area contributed by atoms with Gasteiger partial charge in [0.1, 0.15) is 11.6 Å². The van der Waals surface area contributed by atoms with Crippen molar-refractivity contribution in [3.8, 4) is 0 Å². The summed E-state index contributed by atoms with van der Waals surface area (Å²) >= 11 is 1.48. The molecule has 0 heterocycles. The standard InChI is InChI=1S/C12H24N2O5S2/c1-5-12(3,11(16)17)13-10(15)9(7-8-20-4)14-21(18,19)6-2/h9,14H,5-8H2,1-4H3,(H,13,15)(H,16,17). The van der Waals surface area contributed by atoms with Crippen LogP contribution in [0.25, 0.3) is 0 Å². The first kappa shape index (κ1) is 20.2. The first-order valence-corrected chi connectivity index (χ1v) is 9.70. The molecule has 0 spiro atoms. The molecule has 0 radical (unpaired) electrons. The fraction of sp³-hybridized carbons (Fsp3) is 0.833. The maximum atomic E-state index is 12.2. The van der Waals surface area contributed by atoms with Gasteiger partial charge >= 0.3 is 5.97 Å². The largest absolute Gasteiger partial charge is 0.480 e. The second kappa shape index (κ2) is 8.60. The van der Waals surface area contributed by atoms with Gasteiger partial charge in [0.25, 0.3) is 0 Å². The van der Waals surface area contributed by atoms with Crippen LogP contribution in [0, 0.1) is 0 Å². The zero-order chi connectivity index (χ0) is 16.7. The minimum absolute atomic E-state index is 0.139. The number of thioether (sulfide) groups is 1. The average molecular weight is 340 g/mol. The van der Waals surface area contributed by atoms with Gasteiger partial charge in [-0.05, 0) is 38.7 Å². The fourth-order valence-electron chi connectivity index (χ4n) is 1.43. The van der Waals surface area contributed by atoms with Gasteiger partial charge < -0.3 is 10.4 Å². The summed E-state index contributed by atoms with van der Waals surface area (Å²) in [5.74, 6) is -1.33. The number of hydrogen-bond donors (Lipinski definition) is 3. The molecule has 0 aromatic carbocycles. The molecular formula is C12H24N2O5S2. The molecule has 1 amide bonds. The molecule has 0 aliphatic rings. The predicted octanol–water partition coefficient (Wildman–Crippen LogP) is 0.417. The van der Waals surface area contributed by atoms with Gasteiger partial charge in [0.15, 0.2) is 0 Å². The Kier molecular flexibility index (Phi) is 8.27. The van der Waals surface area contributed by atoms with Crippen molar-refractivity contribution in [3.63, 3.8) is 0 Å². The van der Waals surface area contributed by atoms with Gasteiger partial charge in [-0.25, -0.2) is 17.9 Å². The number of hydrogen-bond acceptors (Lipinski definition) is 5. The molecule has 124 valence electrons. The maximum absolute atomic E-state index is 12.2. The molecule has 0 bridgehead atoms. The molecular weight excluding hydrogens is 316 g/mol. The fourth-order valence-corrected chi connectivity index (χ4v) is 2.73. The Morgan fingerprint density at radius 2 is 1.90 bits per heavy atom. The van der Waals surface area contributed by atoms with E-state index in [1.165, 1.54) is 25.6 Å². The minimum atomic E-state index is -3.54. The van der Waals surface area contributed by atoms with Crippen molar-refractivity contribution in [3.05, 3.63) is 0 Å². The highest BCUT2D eigenvalue weighted by atomic mass is 32.2. The summed E-state index contributed by atoms with van der Waals surface area (Å²) in [7, 11) is -3.54. The highest BCUT2D eigenvalue weighted by Crippen LogP contribution is 2.11. The van der Waals surface area contributed by atoms with Crippen LogP contribution in [0.5, 0.6) is 0 Å². The molecule has 2 atom stereocenters. The molecule has 0 aromatic rings. The van der Waals surface area contributed by atoms with E-state index < -0.39 is 33.5 Å². The van der Waals surface area contributed by atoms with Gasteiger partial charge in [0.2, 0.25) is 15.9 Å². The molecule has 0 saturated carbocycles. The Balaban J connectivity index is 5.07. The van der Waals surface area contributed by atoms with E-state index in [0.717, 1.165) is 0 Å². The monoisotopic (exact) mass is 340 g/mol. The van der Waals surface area contributed by atoms with Crippen molar-refractivity contribution >= 4 is 33.7 Å². The van der Waals surface area contributed by atoms with E-state index in [4.69, 9.17) is 5.11 Å². The van der Waals surface area contributed by atoms with E-state index in [2.05, 4.69) is 10.0 Å². The molecule has 0 saturated heterocycles. The molecule has 0 aromatic heterocycles. The van der Waals surface area contributed by atoms with Crippen LogP contribution >= 0.6 is 11.8 Å². The number of carbonyl (C=O) groups is 2. The highest BCUT2D eigenvalue weighted by Gasteiger charge is 2.35. The lowest BCUT2D eigenvalue weighted by atomic mass is 9.98. The van der Waals surface area contributed by atoms with Crippen LogP contribution in [0.1, 0.15) is 33.6 Å². The van der Waals surface area contributed by atoms with E-state index in [9.17, 15) is 18.0 Å². The molecule has 21 heavy (non-hydrogen) atoms. The summed E-state index contributed by atoms with van der Waals surface area (Å²) in [4.78, 5) is 23.4. The third kappa shape index (κ3) is 6.66. The minimum Gasteiger partial charge on any atom is -0.480 e. The van der Waals surface area contributed by atoms with Gasteiger partial charge in [-0.2, -0.15) is 11.8 Å². The van der Waals surface area contributed by atoms with Crippen molar-refractivity contribution < 1.29 is 23.1 Å². The lowest BCUT2D eigenvalue weighted by Gasteiger charge is -2.27. The van der Waals surface area contributed by atoms with Crippen LogP contribution in [0.15, 0.2) is 0 Å².